The van der Waals surface area contributed by atoms with Crippen LogP contribution in [0.3, 0.4) is 0 Å². The Labute approximate surface area is 171 Å². The lowest BCUT2D eigenvalue weighted by molar-refractivity contribution is 0.414. The normalized spacial score (nSPS) is 13.8. The Morgan fingerprint density at radius 1 is 1.11 bits per heavy atom. The Hall–Kier alpha value is -1.89. The van der Waals surface area contributed by atoms with E-state index in [4.69, 9.17) is 32.7 Å². The van der Waals surface area contributed by atoms with Gasteiger partial charge in [0.25, 0.3) is 5.56 Å². The molecule has 0 amide bonds. The second-order valence-electron chi connectivity index (χ2n) is 6.38. The summed E-state index contributed by atoms with van der Waals surface area (Å²) in [6.45, 7) is 0. The molecule has 0 unspecified atom stereocenters. The Morgan fingerprint density at radius 2 is 1.85 bits per heavy atom. The standard InChI is InChI=1S/C19H16Cl2N2O3S/c1-25-10-5-11(9-3-4-9)17-14(6-10)22-19(27)23(18(17)24)15-8-16(26-2)13(21)7-12(15)20/h5-9H,3-4H2,1-2H3,(H,22,27). The van der Waals surface area contributed by atoms with Gasteiger partial charge in [-0.25, -0.2) is 4.98 Å². The molecule has 4 rings (SSSR count). The highest BCUT2D eigenvalue weighted by Crippen LogP contribution is 2.44. The summed E-state index contributed by atoms with van der Waals surface area (Å²) in [5.74, 6) is 1.42. The topological polar surface area (TPSA) is 53.4 Å². The van der Waals surface area contributed by atoms with Crippen LogP contribution < -0.4 is 15.0 Å². The zero-order valence-electron chi connectivity index (χ0n) is 14.6. The fourth-order valence-electron chi connectivity index (χ4n) is 3.20. The van der Waals surface area contributed by atoms with Crippen LogP contribution in [0.2, 0.25) is 10.0 Å². The van der Waals surface area contributed by atoms with Gasteiger partial charge in [0, 0.05) is 12.1 Å². The Morgan fingerprint density at radius 3 is 2.48 bits per heavy atom. The zero-order valence-corrected chi connectivity index (χ0v) is 17.0. The van der Waals surface area contributed by atoms with Crippen molar-refractivity contribution in [2.75, 3.05) is 14.2 Å². The van der Waals surface area contributed by atoms with Crippen LogP contribution in [0.15, 0.2) is 34.2 Å². The van der Waals surface area contributed by atoms with Crippen molar-refractivity contribution in [2.45, 2.75) is 23.9 Å². The molecule has 1 fully saturated rings. The predicted molar refractivity (Wildman–Crippen MR) is 110 cm³/mol. The van der Waals surface area contributed by atoms with Gasteiger partial charge < -0.3 is 9.47 Å². The summed E-state index contributed by atoms with van der Waals surface area (Å²) in [4.78, 5) is 18.0. The molecular weight excluding hydrogens is 407 g/mol. The van der Waals surface area contributed by atoms with Crippen molar-refractivity contribution in [2.24, 2.45) is 0 Å². The van der Waals surface area contributed by atoms with Crippen molar-refractivity contribution >= 4 is 46.7 Å². The van der Waals surface area contributed by atoms with Crippen molar-refractivity contribution in [3.8, 4) is 17.2 Å². The quantitative estimate of drug-likeness (QED) is 0.480. The molecule has 1 aliphatic carbocycles. The highest BCUT2D eigenvalue weighted by atomic mass is 35.5. The fraction of sp³-hybridized carbons (Fsp3) is 0.263. The van der Waals surface area contributed by atoms with Gasteiger partial charge in [-0.15, -0.1) is 12.6 Å². The van der Waals surface area contributed by atoms with E-state index in [2.05, 4.69) is 17.6 Å². The average molecular weight is 423 g/mol. The minimum atomic E-state index is -0.235. The van der Waals surface area contributed by atoms with E-state index in [1.165, 1.54) is 17.7 Å². The Kier molecular flexibility index (Phi) is 4.74. The van der Waals surface area contributed by atoms with Gasteiger partial charge in [-0.2, -0.15) is 0 Å². The number of nitrogens with zero attached hydrogens (tertiary/aromatic N) is 2. The lowest BCUT2D eigenvalue weighted by Crippen LogP contribution is -2.22. The first-order valence-corrected chi connectivity index (χ1v) is 9.52. The molecule has 8 heteroatoms. The molecule has 0 bridgehead atoms. The molecule has 1 aromatic heterocycles. The molecule has 140 valence electrons. The van der Waals surface area contributed by atoms with Crippen molar-refractivity contribution in [1.29, 1.82) is 0 Å². The number of aromatic nitrogens is 2. The van der Waals surface area contributed by atoms with Gasteiger partial charge in [-0.1, -0.05) is 23.2 Å². The van der Waals surface area contributed by atoms with Crippen LogP contribution in [0.4, 0.5) is 0 Å². The van der Waals surface area contributed by atoms with Gasteiger partial charge >= 0.3 is 0 Å². The number of rotatable bonds is 4. The molecule has 1 saturated carbocycles. The van der Waals surface area contributed by atoms with Gasteiger partial charge in [0.15, 0.2) is 5.16 Å². The van der Waals surface area contributed by atoms with E-state index in [1.807, 2.05) is 6.07 Å². The van der Waals surface area contributed by atoms with Crippen LogP contribution in [0.5, 0.6) is 11.5 Å². The van der Waals surface area contributed by atoms with E-state index in [-0.39, 0.29) is 10.7 Å². The number of fused-ring (bicyclic) bond motifs is 1. The molecule has 1 heterocycles. The smallest absolute Gasteiger partial charge is 0.266 e. The summed E-state index contributed by atoms with van der Waals surface area (Å²) in [6, 6.07) is 6.81. The number of benzene rings is 2. The minimum absolute atomic E-state index is 0.216. The van der Waals surface area contributed by atoms with Gasteiger partial charge in [0.2, 0.25) is 0 Å². The van der Waals surface area contributed by atoms with Gasteiger partial charge in [0.1, 0.15) is 11.5 Å². The number of halogens is 2. The van der Waals surface area contributed by atoms with Crippen LogP contribution in [0, 0.1) is 0 Å². The summed E-state index contributed by atoms with van der Waals surface area (Å²) >= 11 is 16.9. The van der Waals surface area contributed by atoms with Crippen LogP contribution in [-0.4, -0.2) is 23.8 Å². The van der Waals surface area contributed by atoms with E-state index in [9.17, 15) is 4.79 Å². The molecule has 0 spiro atoms. The number of thiol groups is 1. The summed E-state index contributed by atoms with van der Waals surface area (Å²) in [6.07, 6.45) is 2.08. The fourth-order valence-corrected chi connectivity index (χ4v) is 4.05. The van der Waals surface area contributed by atoms with Gasteiger partial charge in [-0.3, -0.25) is 9.36 Å². The molecule has 0 saturated heterocycles. The Balaban J connectivity index is 2.06. The summed E-state index contributed by atoms with van der Waals surface area (Å²) in [7, 11) is 3.10. The van der Waals surface area contributed by atoms with Crippen molar-refractivity contribution in [3.63, 3.8) is 0 Å². The van der Waals surface area contributed by atoms with Crippen LogP contribution in [0.1, 0.15) is 24.3 Å². The van der Waals surface area contributed by atoms with Gasteiger partial charge in [0.05, 0.1) is 40.9 Å². The van der Waals surface area contributed by atoms with E-state index in [0.29, 0.717) is 44.1 Å². The third kappa shape index (κ3) is 3.16. The maximum atomic E-state index is 13.4. The number of hydrogen-bond acceptors (Lipinski definition) is 5. The first-order valence-electron chi connectivity index (χ1n) is 8.31. The highest BCUT2D eigenvalue weighted by Gasteiger charge is 2.29. The first kappa shape index (κ1) is 18.5. The molecule has 0 radical (unpaired) electrons. The predicted octanol–water partition coefficient (Wildman–Crippen LogP) is 4.88. The first-order chi connectivity index (χ1) is 12.9. The van der Waals surface area contributed by atoms with Crippen molar-refractivity contribution in [1.82, 2.24) is 9.55 Å². The SMILES string of the molecule is COc1cc(C2CC2)c2c(=O)n(-c3cc(OC)c(Cl)cc3Cl)c(S)nc2c1. The third-order valence-corrected chi connectivity index (χ3v) is 5.57. The van der Waals surface area contributed by atoms with E-state index in [0.717, 1.165) is 18.4 Å². The lowest BCUT2D eigenvalue weighted by atomic mass is 10.0. The molecular formula is C19H16Cl2N2O3S. The highest BCUT2D eigenvalue weighted by molar-refractivity contribution is 7.80. The number of methoxy groups -OCH3 is 2. The monoisotopic (exact) mass is 422 g/mol. The van der Waals surface area contributed by atoms with Gasteiger partial charge in [-0.05, 0) is 36.5 Å². The lowest BCUT2D eigenvalue weighted by Gasteiger charge is -2.16. The second kappa shape index (κ2) is 6.93. The largest absolute Gasteiger partial charge is 0.497 e. The summed E-state index contributed by atoms with van der Waals surface area (Å²) < 4.78 is 12.0. The molecule has 0 N–H and O–H groups in total. The molecule has 3 aromatic rings. The van der Waals surface area contributed by atoms with Crippen LogP contribution >= 0.6 is 35.8 Å². The summed E-state index contributed by atoms with van der Waals surface area (Å²) in [5, 5.41) is 1.44. The molecule has 0 aliphatic heterocycles. The van der Waals surface area contributed by atoms with Crippen molar-refractivity contribution in [3.05, 3.63) is 50.2 Å². The zero-order chi connectivity index (χ0) is 19.3. The minimum Gasteiger partial charge on any atom is -0.497 e. The summed E-state index contributed by atoms with van der Waals surface area (Å²) in [5.41, 5.74) is 1.68. The molecule has 5 nitrogen and oxygen atoms in total. The molecule has 1 aliphatic rings. The van der Waals surface area contributed by atoms with Crippen LogP contribution in [0.25, 0.3) is 16.6 Å². The molecule has 0 atom stereocenters. The third-order valence-electron chi connectivity index (χ3n) is 4.67. The number of hydrogen-bond donors (Lipinski definition) is 1. The van der Waals surface area contributed by atoms with Crippen molar-refractivity contribution < 1.29 is 9.47 Å². The maximum Gasteiger partial charge on any atom is 0.266 e. The molecule has 27 heavy (non-hydrogen) atoms. The van der Waals surface area contributed by atoms with E-state index in [1.54, 1.807) is 19.2 Å². The second-order valence-corrected chi connectivity index (χ2v) is 7.59. The average Bonchev–Trinajstić information content (AvgIpc) is 3.47. The van der Waals surface area contributed by atoms with Crippen LogP contribution in [-0.2, 0) is 0 Å². The number of ether oxygens (including phenoxy) is 2. The maximum absolute atomic E-state index is 13.4. The Bertz CT molecular complexity index is 1130. The van der Waals surface area contributed by atoms with E-state index < -0.39 is 0 Å². The van der Waals surface area contributed by atoms with E-state index >= 15 is 0 Å². The molecule has 2 aromatic carbocycles.